The van der Waals surface area contributed by atoms with Crippen molar-refractivity contribution < 1.29 is 29.4 Å². The highest BCUT2D eigenvalue weighted by molar-refractivity contribution is 7.80. The van der Waals surface area contributed by atoms with Gasteiger partial charge in [0, 0.05) is 5.75 Å². The Balaban J connectivity index is 5.35. The molecule has 0 heterocycles. The Labute approximate surface area is 183 Å². The molecule has 10 nitrogen and oxygen atoms in total. The van der Waals surface area contributed by atoms with Crippen molar-refractivity contribution in [2.45, 2.75) is 77.7 Å². The number of carboxylic acid groups (broad SMARTS) is 1. The van der Waals surface area contributed by atoms with E-state index in [0.717, 1.165) is 0 Å². The topological polar surface area (TPSA) is 171 Å². The highest BCUT2D eigenvalue weighted by atomic mass is 32.1. The molecule has 0 bridgehead atoms. The van der Waals surface area contributed by atoms with Crippen molar-refractivity contribution in [2.75, 3.05) is 5.75 Å². The second-order valence-corrected chi connectivity index (χ2v) is 7.96. The molecule has 11 heteroatoms. The van der Waals surface area contributed by atoms with Crippen molar-refractivity contribution in [1.82, 2.24) is 16.0 Å². The van der Waals surface area contributed by atoms with Crippen molar-refractivity contribution >= 4 is 36.3 Å². The van der Waals surface area contributed by atoms with Crippen molar-refractivity contribution in [1.29, 1.82) is 0 Å². The van der Waals surface area contributed by atoms with Gasteiger partial charge in [-0.1, -0.05) is 40.5 Å². The number of rotatable bonds is 13. The molecule has 0 saturated heterocycles. The molecule has 0 radical (unpaired) electrons. The normalized spacial score (nSPS) is 18.1. The van der Waals surface area contributed by atoms with E-state index in [1.54, 1.807) is 13.8 Å². The number of amides is 3. The Hall–Kier alpha value is -1.85. The number of carbonyl (C=O) groups excluding carboxylic acids is 3. The van der Waals surface area contributed by atoms with Crippen LogP contribution in [0, 0.1) is 11.8 Å². The fraction of sp³-hybridized carbons (Fsp3) is 0.789. The zero-order valence-electron chi connectivity index (χ0n) is 18.2. The number of nitrogens with one attached hydrogen (secondary N) is 3. The zero-order chi connectivity index (χ0) is 23.6. The number of hydrogen-bond acceptors (Lipinski definition) is 7. The highest BCUT2D eigenvalue weighted by Crippen LogP contribution is 2.11. The number of carboxylic acids is 1. The lowest BCUT2D eigenvalue weighted by atomic mass is 9.97. The van der Waals surface area contributed by atoms with Gasteiger partial charge in [0.25, 0.3) is 0 Å². The molecular weight excluding hydrogens is 412 g/mol. The molecule has 0 aliphatic heterocycles. The number of thiol groups is 1. The first-order valence-corrected chi connectivity index (χ1v) is 10.7. The summed E-state index contributed by atoms with van der Waals surface area (Å²) in [5.41, 5.74) is 5.62. The summed E-state index contributed by atoms with van der Waals surface area (Å²) < 4.78 is 0. The first-order chi connectivity index (χ1) is 13.9. The molecule has 0 saturated carbocycles. The first-order valence-electron chi connectivity index (χ1n) is 10.1. The quantitative estimate of drug-likeness (QED) is 0.182. The Bertz CT molecular complexity index is 604. The molecule has 7 unspecified atom stereocenters. The van der Waals surface area contributed by atoms with Gasteiger partial charge in [-0.15, -0.1) is 0 Å². The van der Waals surface area contributed by atoms with Crippen molar-refractivity contribution in [3.05, 3.63) is 0 Å². The Kier molecular flexibility index (Phi) is 12.6. The summed E-state index contributed by atoms with van der Waals surface area (Å²) in [5.74, 6) is -3.83. The van der Waals surface area contributed by atoms with E-state index in [0.29, 0.717) is 12.8 Å². The van der Waals surface area contributed by atoms with Gasteiger partial charge in [0.05, 0.1) is 6.10 Å². The van der Waals surface area contributed by atoms with E-state index < -0.39 is 54.0 Å². The van der Waals surface area contributed by atoms with E-state index in [1.165, 1.54) is 6.92 Å². The van der Waals surface area contributed by atoms with Crippen LogP contribution in [0.4, 0.5) is 0 Å². The lowest BCUT2D eigenvalue weighted by Crippen LogP contribution is -2.60. The van der Waals surface area contributed by atoms with Crippen molar-refractivity contribution in [3.63, 3.8) is 0 Å². The van der Waals surface area contributed by atoms with E-state index in [-0.39, 0.29) is 17.6 Å². The molecule has 0 aromatic heterocycles. The third-order valence-electron chi connectivity index (χ3n) is 5.21. The van der Waals surface area contributed by atoms with E-state index in [1.807, 2.05) is 13.8 Å². The molecule has 7 N–H and O–H groups in total. The third kappa shape index (κ3) is 8.49. The summed E-state index contributed by atoms with van der Waals surface area (Å²) in [4.78, 5) is 49.0. The van der Waals surface area contributed by atoms with Crippen LogP contribution >= 0.6 is 12.6 Å². The monoisotopic (exact) mass is 448 g/mol. The molecule has 0 aliphatic rings. The van der Waals surface area contributed by atoms with Gasteiger partial charge < -0.3 is 31.9 Å². The van der Waals surface area contributed by atoms with Crippen molar-refractivity contribution in [2.24, 2.45) is 17.6 Å². The van der Waals surface area contributed by atoms with Gasteiger partial charge in [0.15, 0.2) is 0 Å². The van der Waals surface area contributed by atoms with Crippen molar-refractivity contribution in [3.8, 4) is 0 Å². The maximum Gasteiger partial charge on any atom is 0.326 e. The number of aliphatic carboxylic acids is 1. The Morgan fingerprint density at radius 3 is 1.73 bits per heavy atom. The van der Waals surface area contributed by atoms with Crippen LogP contribution in [0.3, 0.4) is 0 Å². The molecule has 0 aromatic rings. The van der Waals surface area contributed by atoms with Crippen LogP contribution < -0.4 is 21.7 Å². The molecule has 0 spiro atoms. The van der Waals surface area contributed by atoms with Gasteiger partial charge in [-0.25, -0.2) is 4.79 Å². The number of nitrogens with two attached hydrogens (primary N) is 1. The van der Waals surface area contributed by atoms with Gasteiger partial charge in [0.2, 0.25) is 17.7 Å². The minimum absolute atomic E-state index is 0.0707. The molecule has 0 fully saturated rings. The second kappa shape index (κ2) is 13.5. The second-order valence-electron chi connectivity index (χ2n) is 7.59. The first kappa shape index (κ1) is 28.1. The van der Waals surface area contributed by atoms with Crippen LogP contribution in [0.25, 0.3) is 0 Å². The summed E-state index contributed by atoms with van der Waals surface area (Å²) in [7, 11) is 0. The van der Waals surface area contributed by atoms with E-state index in [9.17, 15) is 29.4 Å². The molecular formula is C19H36N4O6S. The molecule has 7 atom stereocenters. The number of hydrogen-bond donors (Lipinski definition) is 7. The predicted octanol–water partition coefficient (Wildman–Crippen LogP) is -0.744. The minimum atomic E-state index is -1.21. The van der Waals surface area contributed by atoms with Gasteiger partial charge in [-0.2, -0.15) is 12.6 Å². The van der Waals surface area contributed by atoms with Crippen LogP contribution in [-0.4, -0.2) is 69.9 Å². The fourth-order valence-electron chi connectivity index (χ4n) is 2.56. The average molecular weight is 449 g/mol. The summed E-state index contributed by atoms with van der Waals surface area (Å²) in [6.07, 6.45) is -0.00856. The average Bonchev–Trinajstić information content (AvgIpc) is 2.71. The lowest BCUT2D eigenvalue weighted by Gasteiger charge is -2.28. The highest BCUT2D eigenvalue weighted by Gasteiger charge is 2.33. The molecule has 174 valence electrons. The van der Waals surface area contributed by atoms with E-state index in [4.69, 9.17) is 5.73 Å². The Morgan fingerprint density at radius 2 is 1.33 bits per heavy atom. The predicted molar refractivity (Wildman–Crippen MR) is 116 cm³/mol. The minimum Gasteiger partial charge on any atom is -0.480 e. The molecule has 0 rings (SSSR count). The summed E-state index contributed by atoms with van der Waals surface area (Å²) in [6, 6.07) is -4.40. The van der Waals surface area contributed by atoms with Gasteiger partial charge in [-0.05, 0) is 18.8 Å². The summed E-state index contributed by atoms with van der Waals surface area (Å²) >= 11 is 4.09. The molecule has 0 aromatic carbocycles. The SMILES string of the molecule is CCC(C)C(NC(=O)C(CS)NC(=O)C(NC(=O)C(N)C(C)O)C(C)CC)C(=O)O. The lowest BCUT2D eigenvalue weighted by molar-refractivity contribution is -0.143. The van der Waals surface area contributed by atoms with Crippen LogP contribution in [-0.2, 0) is 19.2 Å². The summed E-state index contributed by atoms with van der Waals surface area (Å²) in [5, 5.41) is 26.3. The maximum atomic E-state index is 12.8. The Morgan fingerprint density at radius 1 is 0.867 bits per heavy atom. The van der Waals surface area contributed by atoms with Gasteiger partial charge in [-0.3, -0.25) is 14.4 Å². The van der Waals surface area contributed by atoms with Crippen LogP contribution in [0.2, 0.25) is 0 Å². The largest absolute Gasteiger partial charge is 0.480 e. The standard InChI is InChI=1S/C19H36N4O6S/c1-6-9(3)14(22-17(26)13(20)11(5)24)18(27)21-12(8-30)16(25)23-15(19(28)29)10(4)7-2/h9-15,24,30H,6-8,20H2,1-5H3,(H,21,27)(H,22,26)(H,23,25)(H,28,29). The number of aliphatic hydroxyl groups excluding tert-OH is 1. The molecule has 0 aliphatic carbocycles. The number of aliphatic hydroxyl groups is 1. The van der Waals surface area contributed by atoms with Crippen LogP contribution in [0.5, 0.6) is 0 Å². The van der Waals surface area contributed by atoms with E-state index in [2.05, 4.69) is 28.6 Å². The van der Waals surface area contributed by atoms with Gasteiger partial charge in [0.1, 0.15) is 24.2 Å². The third-order valence-corrected chi connectivity index (χ3v) is 5.57. The van der Waals surface area contributed by atoms with Gasteiger partial charge >= 0.3 is 5.97 Å². The van der Waals surface area contributed by atoms with Crippen LogP contribution in [0.1, 0.15) is 47.5 Å². The molecule has 3 amide bonds. The fourth-order valence-corrected chi connectivity index (χ4v) is 2.82. The van der Waals surface area contributed by atoms with E-state index >= 15 is 0 Å². The number of carbonyl (C=O) groups is 4. The van der Waals surface area contributed by atoms with Crippen LogP contribution in [0.15, 0.2) is 0 Å². The molecule has 30 heavy (non-hydrogen) atoms. The summed E-state index contributed by atoms with van der Waals surface area (Å²) in [6.45, 7) is 8.45. The zero-order valence-corrected chi connectivity index (χ0v) is 19.1. The maximum absolute atomic E-state index is 12.8. The smallest absolute Gasteiger partial charge is 0.326 e.